The molecule has 2 aliphatic rings. The molecule has 110 valence electrons. The van der Waals surface area contributed by atoms with Crippen molar-refractivity contribution in [1.82, 2.24) is 20.2 Å². The van der Waals surface area contributed by atoms with Crippen LogP contribution in [0.4, 0.5) is 0 Å². The maximum atomic E-state index is 11.3. The minimum absolute atomic E-state index is 0.166. The van der Waals surface area contributed by atoms with Crippen molar-refractivity contribution in [2.75, 3.05) is 19.6 Å². The molecule has 1 saturated carbocycles. The molecule has 0 spiro atoms. The first-order valence-corrected chi connectivity index (χ1v) is 7.81. The van der Waals surface area contributed by atoms with E-state index in [-0.39, 0.29) is 5.91 Å². The zero-order valence-electron chi connectivity index (χ0n) is 12.0. The number of nitrogens with one attached hydrogen (secondary N) is 2. The van der Waals surface area contributed by atoms with Crippen LogP contribution in [0.3, 0.4) is 0 Å². The summed E-state index contributed by atoms with van der Waals surface area (Å²) in [6, 6.07) is 0. The minimum Gasteiger partial charge on any atom is -0.355 e. The van der Waals surface area contributed by atoms with Gasteiger partial charge in [-0.05, 0) is 5.92 Å². The quantitative estimate of drug-likeness (QED) is 0.875. The second-order valence-corrected chi connectivity index (χ2v) is 6.09. The standard InChI is InChI=1S/C15H24N4O/c20-15-5-7-19(8-6-16-15)11-13-10-17-14(18-13)9-12-3-1-2-4-12/h10,12H,1-9,11H2,(H,16,20)(H,17,18). The average molecular weight is 276 g/mol. The van der Waals surface area contributed by atoms with Gasteiger partial charge in [0.25, 0.3) is 0 Å². The van der Waals surface area contributed by atoms with Crippen LogP contribution in [-0.2, 0) is 17.8 Å². The van der Waals surface area contributed by atoms with Gasteiger partial charge in [-0.15, -0.1) is 0 Å². The van der Waals surface area contributed by atoms with Crippen molar-refractivity contribution in [3.63, 3.8) is 0 Å². The number of rotatable bonds is 4. The second kappa shape index (κ2) is 6.39. The summed E-state index contributed by atoms with van der Waals surface area (Å²) in [6.07, 6.45) is 9.14. The van der Waals surface area contributed by atoms with Crippen LogP contribution in [-0.4, -0.2) is 40.4 Å². The first kappa shape index (κ1) is 13.6. The fraction of sp³-hybridized carbons (Fsp3) is 0.733. The fourth-order valence-corrected chi connectivity index (χ4v) is 3.29. The highest BCUT2D eigenvalue weighted by Crippen LogP contribution is 2.27. The highest BCUT2D eigenvalue weighted by Gasteiger charge is 2.18. The molecule has 1 aromatic rings. The second-order valence-electron chi connectivity index (χ2n) is 6.09. The van der Waals surface area contributed by atoms with Gasteiger partial charge in [0.05, 0.1) is 0 Å². The van der Waals surface area contributed by atoms with Crippen LogP contribution in [0.1, 0.15) is 43.6 Å². The number of carbonyl (C=O) groups is 1. The van der Waals surface area contributed by atoms with Gasteiger partial charge in [-0.25, -0.2) is 4.98 Å². The Kier molecular flexibility index (Phi) is 4.35. The lowest BCUT2D eigenvalue weighted by Gasteiger charge is -2.17. The molecule has 0 bridgehead atoms. The zero-order valence-corrected chi connectivity index (χ0v) is 12.0. The van der Waals surface area contributed by atoms with E-state index in [2.05, 4.69) is 20.2 Å². The third-order valence-corrected chi connectivity index (χ3v) is 4.44. The molecule has 0 unspecified atom stereocenters. The Morgan fingerprint density at radius 2 is 2.15 bits per heavy atom. The number of aromatic amines is 1. The predicted molar refractivity (Wildman–Crippen MR) is 77.2 cm³/mol. The topological polar surface area (TPSA) is 61.0 Å². The highest BCUT2D eigenvalue weighted by molar-refractivity contribution is 5.76. The van der Waals surface area contributed by atoms with Gasteiger partial charge < -0.3 is 10.3 Å². The molecule has 0 aromatic carbocycles. The molecule has 5 heteroatoms. The summed E-state index contributed by atoms with van der Waals surface area (Å²) < 4.78 is 0. The number of aromatic nitrogens is 2. The summed E-state index contributed by atoms with van der Waals surface area (Å²) >= 11 is 0. The van der Waals surface area contributed by atoms with E-state index in [1.165, 1.54) is 31.4 Å². The number of imidazole rings is 1. The molecule has 20 heavy (non-hydrogen) atoms. The maximum Gasteiger partial charge on any atom is 0.221 e. The third-order valence-electron chi connectivity index (χ3n) is 4.44. The molecule has 1 aliphatic carbocycles. The first-order valence-electron chi connectivity index (χ1n) is 7.81. The van der Waals surface area contributed by atoms with Crippen LogP contribution >= 0.6 is 0 Å². The zero-order chi connectivity index (χ0) is 13.8. The van der Waals surface area contributed by atoms with Gasteiger partial charge in [-0.3, -0.25) is 9.69 Å². The van der Waals surface area contributed by atoms with Crippen molar-refractivity contribution in [1.29, 1.82) is 0 Å². The van der Waals surface area contributed by atoms with Gasteiger partial charge in [-0.1, -0.05) is 25.7 Å². The minimum atomic E-state index is 0.166. The van der Waals surface area contributed by atoms with Gasteiger partial charge in [0.15, 0.2) is 0 Å². The van der Waals surface area contributed by atoms with Crippen molar-refractivity contribution in [3.8, 4) is 0 Å². The normalized spacial score (nSPS) is 21.9. The SMILES string of the molecule is O=C1CCN(Cc2cnc(CC3CCCC3)[nH]2)CCN1. The van der Waals surface area contributed by atoms with Crippen LogP contribution < -0.4 is 5.32 Å². The molecular formula is C15H24N4O. The van der Waals surface area contributed by atoms with Crippen LogP contribution in [0.2, 0.25) is 0 Å². The summed E-state index contributed by atoms with van der Waals surface area (Å²) in [5.41, 5.74) is 1.17. The maximum absolute atomic E-state index is 11.3. The van der Waals surface area contributed by atoms with Crippen LogP contribution in [0.15, 0.2) is 6.20 Å². The van der Waals surface area contributed by atoms with E-state index >= 15 is 0 Å². The van der Waals surface area contributed by atoms with E-state index in [9.17, 15) is 4.79 Å². The van der Waals surface area contributed by atoms with E-state index in [4.69, 9.17) is 0 Å². The summed E-state index contributed by atoms with van der Waals surface area (Å²) in [5.74, 6) is 2.13. The number of hydrogen-bond donors (Lipinski definition) is 2. The van der Waals surface area contributed by atoms with E-state index in [1.54, 1.807) is 0 Å². The van der Waals surface area contributed by atoms with Crippen molar-refractivity contribution in [2.24, 2.45) is 5.92 Å². The lowest BCUT2D eigenvalue weighted by molar-refractivity contribution is -0.120. The first-order chi connectivity index (χ1) is 9.79. The van der Waals surface area contributed by atoms with E-state index in [0.717, 1.165) is 44.3 Å². The molecule has 3 rings (SSSR count). The molecular weight excluding hydrogens is 252 g/mol. The largest absolute Gasteiger partial charge is 0.355 e. The molecule has 0 atom stereocenters. The molecule has 1 amide bonds. The molecule has 1 aliphatic heterocycles. The van der Waals surface area contributed by atoms with Crippen molar-refractivity contribution in [2.45, 2.75) is 45.1 Å². The Morgan fingerprint density at radius 3 is 3.00 bits per heavy atom. The van der Waals surface area contributed by atoms with E-state index < -0.39 is 0 Å². The Labute approximate surface area is 120 Å². The van der Waals surface area contributed by atoms with Crippen LogP contribution in [0, 0.1) is 5.92 Å². The Balaban J connectivity index is 1.52. The molecule has 2 heterocycles. The monoisotopic (exact) mass is 276 g/mol. The number of nitrogens with zero attached hydrogens (tertiary/aromatic N) is 2. The van der Waals surface area contributed by atoms with Gasteiger partial charge in [0.2, 0.25) is 5.91 Å². The van der Waals surface area contributed by atoms with Gasteiger partial charge >= 0.3 is 0 Å². The molecule has 5 nitrogen and oxygen atoms in total. The Morgan fingerprint density at radius 1 is 1.30 bits per heavy atom. The Bertz CT molecular complexity index is 450. The summed E-state index contributed by atoms with van der Waals surface area (Å²) in [7, 11) is 0. The van der Waals surface area contributed by atoms with E-state index in [0.29, 0.717) is 6.42 Å². The molecule has 2 N–H and O–H groups in total. The average Bonchev–Trinajstić information content (AvgIpc) is 3.04. The number of hydrogen-bond acceptors (Lipinski definition) is 3. The molecule has 1 aromatic heterocycles. The predicted octanol–water partition coefficient (Wildman–Crippen LogP) is 1.46. The van der Waals surface area contributed by atoms with Crippen molar-refractivity contribution >= 4 is 5.91 Å². The van der Waals surface area contributed by atoms with Crippen LogP contribution in [0.25, 0.3) is 0 Å². The fourth-order valence-electron chi connectivity index (χ4n) is 3.29. The lowest BCUT2D eigenvalue weighted by Crippen LogP contribution is -2.28. The molecule has 2 fully saturated rings. The molecule has 0 radical (unpaired) electrons. The number of carbonyl (C=O) groups excluding carboxylic acids is 1. The highest BCUT2D eigenvalue weighted by atomic mass is 16.1. The smallest absolute Gasteiger partial charge is 0.221 e. The van der Waals surface area contributed by atoms with Gasteiger partial charge in [0, 0.05) is 50.9 Å². The number of H-pyrrole nitrogens is 1. The summed E-state index contributed by atoms with van der Waals surface area (Å²) in [4.78, 5) is 21.6. The third kappa shape index (κ3) is 3.60. The summed E-state index contributed by atoms with van der Waals surface area (Å²) in [5, 5.41) is 2.91. The molecule has 1 saturated heterocycles. The van der Waals surface area contributed by atoms with Gasteiger partial charge in [0.1, 0.15) is 5.82 Å². The number of amides is 1. The van der Waals surface area contributed by atoms with Crippen LogP contribution in [0.5, 0.6) is 0 Å². The lowest BCUT2D eigenvalue weighted by atomic mass is 10.0. The van der Waals surface area contributed by atoms with Crippen molar-refractivity contribution in [3.05, 3.63) is 17.7 Å². The van der Waals surface area contributed by atoms with E-state index in [1.807, 2.05) is 6.20 Å². The summed E-state index contributed by atoms with van der Waals surface area (Å²) in [6.45, 7) is 3.38. The Hall–Kier alpha value is -1.36. The van der Waals surface area contributed by atoms with Crippen molar-refractivity contribution < 1.29 is 4.79 Å². The van der Waals surface area contributed by atoms with Gasteiger partial charge in [-0.2, -0.15) is 0 Å².